The van der Waals surface area contributed by atoms with Crippen LogP contribution in [-0.2, 0) is 22.4 Å². The van der Waals surface area contributed by atoms with Gasteiger partial charge in [0.05, 0.1) is 16.3 Å². The first-order chi connectivity index (χ1) is 52.2. The van der Waals surface area contributed by atoms with Crippen molar-refractivity contribution in [2.75, 3.05) is 93.2 Å². The molecule has 27 heteroatoms. The van der Waals surface area contributed by atoms with Crippen LogP contribution in [0.4, 0.5) is 56.6 Å². The lowest BCUT2D eigenvalue weighted by atomic mass is 9.74. The quantitative estimate of drug-likeness (QED) is 0.0872. The van der Waals surface area contributed by atoms with Crippen LogP contribution in [0, 0.1) is 34.9 Å². The molecule has 109 heavy (non-hydrogen) atoms. The van der Waals surface area contributed by atoms with Gasteiger partial charge in [0.2, 0.25) is 0 Å². The topological polar surface area (TPSA) is 109 Å². The second kappa shape index (κ2) is 33.1. The third-order valence-electron chi connectivity index (χ3n) is 21.2. The summed E-state index contributed by atoms with van der Waals surface area (Å²) in [7, 11) is 0. The van der Waals surface area contributed by atoms with E-state index >= 15 is 0 Å². The van der Waals surface area contributed by atoms with E-state index in [1.807, 2.05) is 42.5 Å². The smallest absolute Gasteiger partial charge is 0.307 e. The van der Waals surface area contributed by atoms with Crippen molar-refractivity contribution >= 4 is 123 Å². The fourth-order valence-electron chi connectivity index (χ4n) is 15.6. The average Bonchev–Trinajstić information content (AvgIpc) is 1.60. The van der Waals surface area contributed by atoms with Gasteiger partial charge in [-0.2, -0.15) is 13.2 Å². The van der Waals surface area contributed by atoms with Gasteiger partial charge in [0.25, 0.3) is 17.7 Å². The predicted molar refractivity (Wildman–Crippen MR) is 410 cm³/mol. The predicted octanol–water partition coefficient (Wildman–Crippen LogP) is 20.1. The Kier molecular flexibility index (Phi) is 23.9. The fourth-order valence-corrected chi connectivity index (χ4v) is 17.0. The van der Waals surface area contributed by atoms with Crippen molar-refractivity contribution < 1.29 is 53.9 Å². The number of pyridine rings is 3. The van der Waals surface area contributed by atoms with Gasteiger partial charge in [0, 0.05) is 141 Å². The standard InChI is InChI=1S/C28H22Cl2F5N3O.2C27H23Cl2F2N3O/c29-24-12-18(13-25(30)36-24)26(39)38-16-27(21-14-19(28(33,34)35)4-6-23(21)38)7-10-37(11-8-27)9-1-2-17-3-5-20(31)15-22(17)32;28-21-4-1-5-23-25(21)27(17-34(23)26(35)19-8-11-32-24(29)15-19)9-13-33(14-10-27)12-2-3-18-6-7-20(30)16-22(18)31;28-22-5-1-4-21-25(22)34(26(35)19-8-11-32-24(29)15-19)17-27(21)9-13-33(14-10-27)12-2-3-18-6-7-20(30)16-23(18)31/h1-6,12-15H,7-11,16H2;2*1-8,11,15-16H,9-10,12-14,17H2/b2-1+;2*3-2+. The Hall–Kier alpha value is -8.61. The van der Waals surface area contributed by atoms with Crippen LogP contribution in [0.15, 0.2) is 176 Å². The molecular formula is C82H68Cl6F9N9O3. The van der Waals surface area contributed by atoms with Gasteiger partial charge >= 0.3 is 6.18 Å². The number of halogens is 15. The zero-order valence-corrected chi connectivity index (χ0v) is 62.7. The van der Waals surface area contributed by atoms with E-state index in [9.17, 15) is 53.9 Å². The summed E-state index contributed by atoms with van der Waals surface area (Å²) in [5.74, 6) is -4.32. The molecular weight excluding hydrogens is 1540 g/mol. The molecule has 564 valence electrons. The number of hydrogen-bond acceptors (Lipinski definition) is 9. The number of rotatable bonds is 12. The number of hydrogen-bond donors (Lipinski definition) is 0. The number of fused-ring (bicyclic) bond motifs is 6. The van der Waals surface area contributed by atoms with E-state index in [4.69, 9.17) is 69.6 Å². The van der Waals surface area contributed by atoms with Crippen molar-refractivity contribution in [3.63, 3.8) is 0 Å². The lowest BCUT2D eigenvalue weighted by molar-refractivity contribution is -0.137. The first-order valence-corrected chi connectivity index (χ1v) is 37.3. The van der Waals surface area contributed by atoms with Crippen molar-refractivity contribution in [3.8, 4) is 0 Å². The van der Waals surface area contributed by atoms with Gasteiger partial charge in [0.15, 0.2) is 0 Å². The first-order valence-electron chi connectivity index (χ1n) is 35.0. The summed E-state index contributed by atoms with van der Waals surface area (Å²) in [6.45, 7) is 7.49. The van der Waals surface area contributed by atoms with Crippen LogP contribution >= 0.6 is 69.6 Å². The number of para-hydroxylation sites is 1. The van der Waals surface area contributed by atoms with Crippen molar-refractivity contribution in [2.24, 2.45) is 0 Å². The van der Waals surface area contributed by atoms with Crippen LogP contribution in [0.1, 0.15) is 109 Å². The molecule has 3 fully saturated rings. The summed E-state index contributed by atoms with van der Waals surface area (Å²) in [6.07, 6.45) is 13.5. The number of aromatic nitrogens is 3. The molecule has 6 aliphatic rings. The molecule has 3 amide bonds. The van der Waals surface area contributed by atoms with E-state index < -0.39 is 58.0 Å². The van der Waals surface area contributed by atoms with Gasteiger partial charge in [0.1, 0.15) is 55.5 Å². The van der Waals surface area contributed by atoms with Crippen molar-refractivity contribution in [3.05, 3.63) is 297 Å². The highest BCUT2D eigenvalue weighted by Crippen LogP contribution is 2.53. The summed E-state index contributed by atoms with van der Waals surface area (Å²) in [6, 6.07) is 34.8. The maximum atomic E-state index is 13.9. The van der Waals surface area contributed by atoms with E-state index in [0.29, 0.717) is 102 Å². The summed E-state index contributed by atoms with van der Waals surface area (Å²) in [5.41, 5.74) is 4.95. The molecule has 0 aliphatic carbocycles. The number of anilines is 3. The Labute approximate surface area is 653 Å². The molecule has 3 aromatic heterocycles. The fraction of sp³-hybridized carbons (Fsp3) is 0.268. The second-order valence-corrected chi connectivity index (χ2v) is 30.2. The molecule has 0 saturated carbocycles. The molecule has 6 aromatic carbocycles. The van der Waals surface area contributed by atoms with Gasteiger partial charge in [-0.1, -0.05) is 124 Å². The molecule has 6 aliphatic heterocycles. The van der Waals surface area contributed by atoms with Gasteiger partial charge in [-0.25, -0.2) is 41.3 Å². The van der Waals surface area contributed by atoms with Crippen molar-refractivity contribution in [1.29, 1.82) is 0 Å². The molecule has 0 atom stereocenters. The van der Waals surface area contributed by atoms with Gasteiger partial charge in [-0.3, -0.25) is 29.1 Å². The molecule has 9 heterocycles. The number of piperidine rings is 3. The highest BCUT2D eigenvalue weighted by Gasteiger charge is 2.51. The normalized spacial score (nSPS) is 17.3. The van der Waals surface area contributed by atoms with Gasteiger partial charge in [-0.15, -0.1) is 0 Å². The third kappa shape index (κ3) is 17.5. The van der Waals surface area contributed by atoms with E-state index in [1.165, 1.54) is 71.9 Å². The molecule has 12 nitrogen and oxygen atoms in total. The molecule has 0 unspecified atom stereocenters. The number of nitrogens with zero attached hydrogens (tertiary/aromatic N) is 9. The third-order valence-corrected chi connectivity index (χ3v) is 22.6. The second-order valence-electron chi connectivity index (χ2n) is 27.9. The van der Waals surface area contributed by atoms with E-state index in [0.717, 1.165) is 105 Å². The number of alkyl halides is 3. The van der Waals surface area contributed by atoms with Crippen LogP contribution in [0.25, 0.3) is 18.2 Å². The maximum Gasteiger partial charge on any atom is 0.416 e. The molecule has 0 bridgehead atoms. The maximum absolute atomic E-state index is 13.9. The summed E-state index contributed by atoms with van der Waals surface area (Å²) >= 11 is 37.3. The Morgan fingerprint density at radius 2 is 0.817 bits per heavy atom. The van der Waals surface area contributed by atoms with Crippen LogP contribution in [-0.4, -0.2) is 126 Å². The van der Waals surface area contributed by atoms with Gasteiger partial charge in [-0.05, 0) is 198 Å². The molecule has 15 rings (SSSR count). The minimum Gasteiger partial charge on any atom is -0.307 e. The SMILES string of the molecule is O=C(c1cc(Cl)nc(Cl)c1)N1CC2(CCN(C/C=C/c3ccc(F)cc3F)CC2)c2cc(C(F)(F)F)ccc21.O=C(c1ccnc(Cl)c1)N1CC2(CCN(C/C=C/c3ccc(F)cc3F)CC2)c2c(Cl)cccc21.O=C(c1ccnc(Cl)c1)N1CC2(CCN(C/C=C/c3ccc(F)cc3F)CC2)c2cccc(Cl)c21. The number of carbonyl (C=O) groups excluding carboxylic acids is 3. The lowest BCUT2D eigenvalue weighted by Crippen LogP contribution is -2.46. The first kappa shape index (κ1) is 78.5. The average molecular weight is 1610 g/mol. The van der Waals surface area contributed by atoms with E-state index in [2.05, 4.69) is 35.7 Å². The summed E-state index contributed by atoms with van der Waals surface area (Å²) in [5, 5.41) is 1.85. The van der Waals surface area contributed by atoms with Crippen molar-refractivity contribution in [1.82, 2.24) is 29.7 Å². The number of benzene rings is 6. The zero-order valence-electron chi connectivity index (χ0n) is 58.1. The van der Waals surface area contributed by atoms with Crippen LogP contribution < -0.4 is 14.7 Å². The number of carbonyl (C=O) groups is 3. The van der Waals surface area contributed by atoms with Crippen LogP contribution in [0.3, 0.4) is 0 Å². The highest BCUT2D eigenvalue weighted by atomic mass is 35.5. The Bertz CT molecular complexity index is 5020. The minimum absolute atomic E-state index is 0.0364. The zero-order chi connectivity index (χ0) is 77.1. The summed E-state index contributed by atoms with van der Waals surface area (Å²) < 4.78 is 122. The number of likely N-dealkylation sites (tertiary alicyclic amines) is 3. The largest absolute Gasteiger partial charge is 0.416 e. The van der Waals surface area contributed by atoms with Crippen LogP contribution in [0.2, 0.25) is 30.7 Å². The minimum atomic E-state index is -4.53. The Morgan fingerprint density at radius 1 is 0.413 bits per heavy atom. The lowest BCUT2D eigenvalue weighted by Gasteiger charge is -2.39. The highest BCUT2D eigenvalue weighted by molar-refractivity contribution is 6.35. The Morgan fingerprint density at radius 3 is 1.28 bits per heavy atom. The molecule has 0 N–H and O–H groups in total. The number of amides is 3. The monoisotopic (exact) mass is 1610 g/mol. The molecule has 0 radical (unpaired) electrons. The molecule has 3 spiro atoms. The van der Waals surface area contributed by atoms with E-state index in [1.54, 1.807) is 58.4 Å². The van der Waals surface area contributed by atoms with Crippen molar-refractivity contribution in [2.45, 2.75) is 60.9 Å². The molecule has 9 aromatic rings. The Balaban J connectivity index is 0.000000144. The van der Waals surface area contributed by atoms with Gasteiger partial charge < -0.3 is 14.7 Å². The van der Waals surface area contributed by atoms with E-state index in [-0.39, 0.29) is 60.9 Å². The summed E-state index contributed by atoms with van der Waals surface area (Å²) in [4.78, 5) is 63.9. The molecule has 3 saturated heterocycles. The van der Waals surface area contributed by atoms with Crippen LogP contribution in [0.5, 0.6) is 0 Å².